The molecule has 0 spiro atoms. The molecule has 0 fully saturated rings. The van der Waals surface area contributed by atoms with Gasteiger partial charge in [0.25, 0.3) is 0 Å². The first-order chi connectivity index (χ1) is 14.6. The van der Waals surface area contributed by atoms with Gasteiger partial charge in [-0.1, -0.05) is 11.6 Å². The Morgan fingerprint density at radius 1 is 1.23 bits per heavy atom. The van der Waals surface area contributed by atoms with Crippen LogP contribution in [0.4, 0.5) is 16.2 Å². The van der Waals surface area contributed by atoms with E-state index in [4.69, 9.17) is 16.3 Å². The molecule has 2 N–H and O–H groups in total. The van der Waals surface area contributed by atoms with Gasteiger partial charge < -0.3 is 15.4 Å². The van der Waals surface area contributed by atoms with E-state index >= 15 is 0 Å². The molecular formula is C19H19ClN8O2. The average Bonchev–Trinajstić information content (AvgIpc) is 3.40. The van der Waals surface area contributed by atoms with Crippen LogP contribution in [-0.2, 0) is 4.74 Å². The number of anilines is 2. The zero-order valence-electron chi connectivity index (χ0n) is 16.3. The van der Waals surface area contributed by atoms with Crippen LogP contribution in [0.3, 0.4) is 0 Å². The molecule has 0 aliphatic carbocycles. The third kappa shape index (κ3) is 3.95. The van der Waals surface area contributed by atoms with Gasteiger partial charge in [-0.05, 0) is 32.0 Å². The highest BCUT2D eigenvalue weighted by atomic mass is 35.5. The summed E-state index contributed by atoms with van der Waals surface area (Å²) < 4.78 is 7.49. The molecule has 1 atom stereocenters. The first-order valence-electron chi connectivity index (χ1n) is 9.25. The number of carbonyl (C=O) groups excluding carboxylic acids is 1. The Morgan fingerprint density at radius 2 is 2.03 bits per heavy atom. The maximum atomic E-state index is 12.6. The summed E-state index contributed by atoms with van der Waals surface area (Å²) in [5, 5.41) is 18.2. The van der Waals surface area contributed by atoms with Gasteiger partial charge in [-0.3, -0.25) is 0 Å². The van der Waals surface area contributed by atoms with E-state index in [1.165, 1.54) is 23.4 Å². The first kappa shape index (κ1) is 19.8. The van der Waals surface area contributed by atoms with E-state index in [9.17, 15) is 4.79 Å². The second-order valence-electron chi connectivity index (χ2n) is 6.33. The van der Waals surface area contributed by atoms with E-state index in [-0.39, 0.29) is 6.10 Å². The molecule has 154 valence electrons. The van der Waals surface area contributed by atoms with Gasteiger partial charge in [0.2, 0.25) is 0 Å². The van der Waals surface area contributed by atoms with E-state index < -0.39 is 6.03 Å². The van der Waals surface area contributed by atoms with E-state index in [2.05, 4.69) is 30.9 Å². The maximum Gasteiger partial charge on any atom is 0.323 e. The number of nitrogens with one attached hydrogen (secondary N) is 2. The van der Waals surface area contributed by atoms with Crippen LogP contribution in [-0.4, -0.2) is 42.2 Å². The molecule has 0 bridgehead atoms. The molecule has 0 aliphatic heterocycles. The van der Waals surface area contributed by atoms with Crippen LogP contribution in [0.2, 0.25) is 5.02 Å². The molecule has 0 aromatic carbocycles. The fourth-order valence-corrected chi connectivity index (χ4v) is 3.37. The average molecular weight is 427 g/mol. The third-order valence-corrected chi connectivity index (χ3v) is 4.64. The molecule has 0 aliphatic rings. The summed E-state index contributed by atoms with van der Waals surface area (Å²) in [4.78, 5) is 18.1. The number of pyridine rings is 1. The van der Waals surface area contributed by atoms with Crippen molar-refractivity contribution in [2.45, 2.75) is 20.0 Å². The summed E-state index contributed by atoms with van der Waals surface area (Å²) in [5.41, 5.74) is 2.67. The largest absolute Gasteiger partial charge is 0.374 e. The predicted octanol–water partition coefficient (Wildman–Crippen LogP) is 3.70. The van der Waals surface area contributed by atoms with E-state index in [1.54, 1.807) is 16.8 Å². The molecule has 4 rings (SSSR count). The molecule has 11 heteroatoms. The van der Waals surface area contributed by atoms with Crippen molar-refractivity contribution in [3.63, 3.8) is 0 Å². The molecule has 0 saturated carbocycles. The van der Waals surface area contributed by atoms with Crippen molar-refractivity contribution in [1.82, 2.24) is 29.6 Å². The van der Waals surface area contributed by atoms with Crippen LogP contribution >= 0.6 is 11.6 Å². The lowest BCUT2D eigenvalue weighted by molar-refractivity contribution is 0.0775. The standard InChI is InChI=1S/C19H19ClN8O2/c1-3-30-12(2)17-15(11-24-27-8-4-5-16(17)27)26-19(29)25-13-9-14(20)18(21-10-13)28-22-6-7-23-28/h4-12H,3H2,1-2H3,(H2,25,26,29). The lowest BCUT2D eigenvalue weighted by atomic mass is 10.1. The van der Waals surface area contributed by atoms with Crippen LogP contribution in [0.15, 0.2) is 49.2 Å². The Hall–Kier alpha value is -3.50. The van der Waals surface area contributed by atoms with Crippen molar-refractivity contribution in [3.05, 3.63) is 59.8 Å². The number of nitrogens with zero attached hydrogens (tertiary/aromatic N) is 6. The quantitative estimate of drug-likeness (QED) is 0.486. The molecule has 4 aromatic rings. The monoisotopic (exact) mass is 426 g/mol. The predicted molar refractivity (Wildman–Crippen MR) is 112 cm³/mol. The molecule has 4 aromatic heterocycles. The van der Waals surface area contributed by atoms with E-state index in [0.29, 0.717) is 28.8 Å². The van der Waals surface area contributed by atoms with Gasteiger partial charge in [-0.25, -0.2) is 14.3 Å². The number of urea groups is 1. The van der Waals surface area contributed by atoms with Crippen molar-refractivity contribution in [3.8, 4) is 5.82 Å². The summed E-state index contributed by atoms with van der Waals surface area (Å²) in [6, 6.07) is 4.93. The molecule has 10 nitrogen and oxygen atoms in total. The molecule has 0 radical (unpaired) electrons. The van der Waals surface area contributed by atoms with Gasteiger partial charge in [-0.15, -0.1) is 4.80 Å². The number of carbonyl (C=O) groups is 1. The number of halogens is 1. The highest BCUT2D eigenvalue weighted by Crippen LogP contribution is 2.29. The minimum absolute atomic E-state index is 0.234. The number of hydrogen-bond donors (Lipinski definition) is 2. The zero-order chi connectivity index (χ0) is 21.1. The molecule has 4 heterocycles. The van der Waals surface area contributed by atoms with Crippen molar-refractivity contribution in [2.75, 3.05) is 17.2 Å². The SMILES string of the molecule is CCOC(C)c1c(NC(=O)Nc2cnc(-n3nccn3)c(Cl)c2)cnn2cccc12. The lowest BCUT2D eigenvalue weighted by Crippen LogP contribution is -2.22. The minimum Gasteiger partial charge on any atom is -0.374 e. The number of aromatic nitrogens is 6. The highest BCUT2D eigenvalue weighted by Gasteiger charge is 2.18. The van der Waals surface area contributed by atoms with Gasteiger partial charge in [0.15, 0.2) is 5.82 Å². The molecule has 1 unspecified atom stereocenters. The van der Waals surface area contributed by atoms with Gasteiger partial charge in [0.1, 0.15) is 0 Å². The van der Waals surface area contributed by atoms with Crippen LogP contribution < -0.4 is 10.6 Å². The van der Waals surface area contributed by atoms with Gasteiger partial charge in [0, 0.05) is 18.4 Å². The van der Waals surface area contributed by atoms with Crippen molar-refractivity contribution in [2.24, 2.45) is 0 Å². The van der Waals surface area contributed by atoms with Crippen molar-refractivity contribution < 1.29 is 9.53 Å². The number of rotatable bonds is 6. The summed E-state index contributed by atoms with van der Waals surface area (Å²) in [6.07, 6.45) is 7.72. The first-order valence-corrected chi connectivity index (χ1v) is 9.62. The fraction of sp³-hybridized carbons (Fsp3) is 0.211. The Kier molecular flexibility index (Phi) is 5.59. The summed E-state index contributed by atoms with van der Waals surface area (Å²) in [6.45, 7) is 4.40. The van der Waals surface area contributed by atoms with Crippen LogP contribution in [0.25, 0.3) is 11.3 Å². The number of hydrogen-bond acceptors (Lipinski definition) is 6. The highest BCUT2D eigenvalue weighted by molar-refractivity contribution is 6.32. The Balaban J connectivity index is 1.55. The smallest absolute Gasteiger partial charge is 0.323 e. The van der Waals surface area contributed by atoms with Crippen LogP contribution in [0, 0.1) is 0 Å². The number of amides is 2. The fourth-order valence-electron chi connectivity index (χ4n) is 3.13. The second-order valence-corrected chi connectivity index (χ2v) is 6.74. The summed E-state index contributed by atoms with van der Waals surface area (Å²) >= 11 is 6.25. The zero-order valence-corrected chi connectivity index (χ0v) is 17.0. The molecule has 0 saturated heterocycles. The lowest BCUT2D eigenvalue weighted by Gasteiger charge is -2.18. The maximum absolute atomic E-state index is 12.6. The molecule has 2 amide bonds. The number of fused-ring (bicyclic) bond motifs is 1. The summed E-state index contributed by atoms with van der Waals surface area (Å²) in [5.74, 6) is 0.364. The Labute approximate surface area is 176 Å². The Morgan fingerprint density at radius 3 is 2.77 bits per heavy atom. The normalized spacial score (nSPS) is 12.1. The molecule has 30 heavy (non-hydrogen) atoms. The van der Waals surface area contributed by atoms with Gasteiger partial charge in [0.05, 0.1) is 52.8 Å². The second kappa shape index (κ2) is 8.47. The van der Waals surface area contributed by atoms with Gasteiger partial charge in [-0.2, -0.15) is 15.3 Å². The van der Waals surface area contributed by atoms with Crippen molar-refractivity contribution >= 4 is 34.5 Å². The summed E-state index contributed by atoms with van der Waals surface area (Å²) in [7, 11) is 0. The minimum atomic E-state index is -0.458. The van der Waals surface area contributed by atoms with Crippen LogP contribution in [0.1, 0.15) is 25.5 Å². The van der Waals surface area contributed by atoms with Gasteiger partial charge >= 0.3 is 6.03 Å². The van der Waals surface area contributed by atoms with Crippen molar-refractivity contribution in [1.29, 1.82) is 0 Å². The third-order valence-electron chi connectivity index (χ3n) is 4.36. The van der Waals surface area contributed by atoms with E-state index in [0.717, 1.165) is 11.1 Å². The van der Waals surface area contributed by atoms with E-state index in [1.807, 2.05) is 32.2 Å². The molecular weight excluding hydrogens is 408 g/mol. The Bertz CT molecular complexity index is 1170. The topological polar surface area (TPSA) is 111 Å². The van der Waals surface area contributed by atoms with Crippen LogP contribution in [0.5, 0.6) is 0 Å². The number of ether oxygens (including phenoxy) is 1.